The lowest BCUT2D eigenvalue weighted by Crippen LogP contribution is -2.58. The number of nitrogens with zero attached hydrogens (tertiary/aromatic N) is 4. The monoisotopic (exact) mass is 737 g/mol. The quantitative estimate of drug-likeness (QED) is 0.253. The van der Waals surface area contributed by atoms with Gasteiger partial charge in [0, 0.05) is 68.4 Å². The van der Waals surface area contributed by atoms with E-state index in [4.69, 9.17) is 4.74 Å². The summed E-state index contributed by atoms with van der Waals surface area (Å²) < 4.78 is 6.45. The highest BCUT2D eigenvalue weighted by atomic mass is 16.5. The van der Waals surface area contributed by atoms with Crippen LogP contribution in [-0.2, 0) is 22.6 Å². The van der Waals surface area contributed by atoms with Crippen molar-refractivity contribution in [3.05, 3.63) is 118 Å². The summed E-state index contributed by atoms with van der Waals surface area (Å²) in [5.41, 5.74) is 9.06. The molecule has 55 heavy (non-hydrogen) atoms. The predicted octanol–water partition coefficient (Wildman–Crippen LogP) is 5.42. The lowest BCUT2D eigenvalue weighted by atomic mass is 9.69. The molecule has 0 aromatic heterocycles. The van der Waals surface area contributed by atoms with Crippen molar-refractivity contribution < 1.29 is 24.2 Å². The number of rotatable bonds is 6. The van der Waals surface area contributed by atoms with Crippen LogP contribution in [0.2, 0.25) is 0 Å². The summed E-state index contributed by atoms with van der Waals surface area (Å²) in [5.74, 6) is 1.50. The van der Waals surface area contributed by atoms with Crippen molar-refractivity contribution in [2.45, 2.75) is 62.6 Å². The summed E-state index contributed by atoms with van der Waals surface area (Å²) in [4.78, 5) is 46.9. The lowest BCUT2D eigenvalue weighted by Gasteiger charge is -2.46. The van der Waals surface area contributed by atoms with E-state index < -0.39 is 11.9 Å². The van der Waals surface area contributed by atoms with Crippen LogP contribution in [0, 0.1) is 5.92 Å². The average Bonchev–Trinajstić information content (AvgIpc) is 3.81. The Hall–Kier alpha value is -5.35. The van der Waals surface area contributed by atoms with Gasteiger partial charge in [-0.2, -0.15) is 0 Å². The summed E-state index contributed by atoms with van der Waals surface area (Å²) in [6.45, 7) is 6.87. The molecule has 3 amide bonds. The molecule has 3 saturated heterocycles. The van der Waals surface area contributed by atoms with Crippen LogP contribution in [0.25, 0.3) is 0 Å². The van der Waals surface area contributed by atoms with E-state index in [2.05, 4.69) is 80.7 Å². The van der Waals surface area contributed by atoms with E-state index >= 15 is 0 Å². The predicted molar refractivity (Wildman–Crippen MR) is 210 cm³/mol. The number of carbonyl (C=O) groups is 3. The number of amides is 3. The molecule has 282 valence electrons. The van der Waals surface area contributed by atoms with Gasteiger partial charge in [0.25, 0.3) is 5.91 Å². The van der Waals surface area contributed by atoms with Crippen molar-refractivity contribution in [3.8, 4) is 11.5 Å². The highest BCUT2D eigenvalue weighted by Gasteiger charge is 2.43. The van der Waals surface area contributed by atoms with Crippen molar-refractivity contribution in [3.63, 3.8) is 0 Å². The molecule has 0 radical (unpaired) electrons. The standard InChI is InChI=1S/C45H47N5O5/c51-34-11-13-36-31(22-34)8-12-35(29-4-2-1-3-5-29)42(36)30-6-9-32(10-7-30)48-19-18-28(24-48)23-47-20-21-49-33(25-47)27-55-43-38-26-50(40-16-17-41(52)46-44(40)53)45(54)37(38)14-15-39(43)49/h1-7,9-11,13-15,22,28,33,35,40,42,51H,8,12,16-21,23-27H2,(H,46,52,53)/t28-,33-,35-,40?,42+/m1/s1. The number of phenols is 1. The number of ether oxygens (including phenoxy) is 1. The second kappa shape index (κ2) is 13.7. The summed E-state index contributed by atoms with van der Waals surface area (Å²) >= 11 is 0. The maximum absolute atomic E-state index is 13.4. The maximum Gasteiger partial charge on any atom is 0.255 e. The van der Waals surface area contributed by atoms with Gasteiger partial charge in [-0.1, -0.05) is 48.5 Å². The first-order valence-corrected chi connectivity index (χ1v) is 20.0. The number of imide groups is 1. The Balaban J connectivity index is 0.782. The van der Waals surface area contributed by atoms with Crippen molar-refractivity contribution in [1.82, 2.24) is 15.1 Å². The largest absolute Gasteiger partial charge is 0.508 e. The number of aryl methyl sites for hydroxylation is 1. The van der Waals surface area contributed by atoms with Crippen molar-refractivity contribution in [1.29, 1.82) is 0 Å². The fourth-order valence-electron chi connectivity index (χ4n) is 10.5. The minimum atomic E-state index is -0.636. The number of benzene rings is 4. The molecule has 10 nitrogen and oxygen atoms in total. The SMILES string of the molecule is O=C1CCC(N2Cc3c(ccc4c3OC[C@H]3CN(C[C@H]5CCN(c6ccc([C@@H]7c8ccc(O)cc8CC[C@@H]7c7ccccc7)cc6)C5)CCN43)C2=O)C(=O)N1. The molecule has 6 aliphatic rings. The highest BCUT2D eigenvalue weighted by Crippen LogP contribution is 2.48. The number of hydrogen-bond donors (Lipinski definition) is 2. The van der Waals surface area contributed by atoms with Gasteiger partial charge in [0.1, 0.15) is 24.1 Å². The van der Waals surface area contributed by atoms with Gasteiger partial charge in [-0.15, -0.1) is 0 Å². The van der Waals surface area contributed by atoms with Crippen LogP contribution in [0.3, 0.4) is 0 Å². The average molecular weight is 738 g/mol. The molecule has 5 aliphatic heterocycles. The molecule has 1 aliphatic carbocycles. The topological polar surface area (TPSA) is 106 Å². The third-order valence-corrected chi connectivity index (χ3v) is 13.2. The molecule has 4 aromatic rings. The number of hydrogen-bond acceptors (Lipinski definition) is 8. The number of piperazine rings is 1. The zero-order chi connectivity index (χ0) is 37.2. The zero-order valence-electron chi connectivity index (χ0n) is 31.0. The molecule has 5 atom stereocenters. The first kappa shape index (κ1) is 34.2. The normalized spacial score (nSPS) is 26.2. The summed E-state index contributed by atoms with van der Waals surface area (Å²) in [7, 11) is 0. The molecule has 1 unspecified atom stereocenters. The van der Waals surface area contributed by atoms with Gasteiger partial charge in [0.2, 0.25) is 11.8 Å². The smallest absolute Gasteiger partial charge is 0.255 e. The Morgan fingerprint density at radius 1 is 0.800 bits per heavy atom. The summed E-state index contributed by atoms with van der Waals surface area (Å²) in [6.07, 6.45) is 3.79. The second-order valence-electron chi connectivity index (χ2n) is 16.4. The van der Waals surface area contributed by atoms with Gasteiger partial charge in [-0.25, -0.2) is 0 Å². The van der Waals surface area contributed by atoms with E-state index in [1.807, 2.05) is 24.3 Å². The van der Waals surface area contributed by atoms with Gasteiger partial charge < -0.3 is 24.5 Å². The zero-order valence-corrected chi connectivity index (χ0v) is 31.0. The first-order chi connectivity index (χ1) is 26.9. The van der Waals surface area contributed by atoms with E-state index in [0.717, 1.165) is 69.1 Å². The number of aromatic hydroxyl groups is 1. The Kier molecular flexibility index (Phi) is 8.54. The van der Waals surface area contributed by atoms with E-state index in [9.17, 15) is 19.5 Å². The number of fused-ring (bicyclic) bond motifs is 6. The number of nitrogens with one attached hydrogen (secondary N) is 1. The maximum atomic E-state index is 13.4. The Labute approximate surface area is 321 Å². The van der Waals surface area contributed by atoms with E-state index in [-0.39, 0.29) is 30.2 Å². The Bertz CT molecular complexity index is 2160. The van der Waals surface area contributed by atoms with E-state index in [1.54, 1.807) is 4.90 Å². The van der Waals surface area contributed by atoms with Crippen molar-refractivity contribution >= 4 is 29.1 Å². The Morgan fingerprint density at radius 2 is 1.65 bits per heavy atom. The molecule has 2 N–H and O–H groups in total. The van der Waals surface area contributed by atoms with Gasteiger partial charge >= 0.3 is 0 Å². The van der Waals surface area contributed by atoms with Crippen LogP contribution >= 0.6 is 0 Å². The van der Waals surface area contributed by atoms with Gasteiger partial charge in [0.15, 0.2) is 0 Å². The number of carbonyl (C=O) groups excluding carboxylic acids is 3. The molecule has 3 fully saturated rings. The van der Waals surface area contributed by atoms with E-state index in [0.29, 0.717) is 42.7 Å². The molecular weight excluding hydrogens is 691 g/mol. The lowest BCUT2D eigenvalue weighted by molar-refractivity contribution is -0.136. The summed E-state index contributed by atoms with van der Waals surface area (Å²) in [6, 6.07) is 29.6. The van der Waals surface area contributed by atoms with Crippen molar-refractivity contribution in [2.24, 2.45) is 5.92 Å². The molecule has 5 heterocycles. The minimum Gasteiger partial charge on any atom is -0.508 e. The minimum absolute atomic E-state index is 0.169. The fourth-order valence-corrected chi connectivity index (χ4v) is 10.5. The molecule has 0 spiro atoms. The fraction of sp³-hybridized carbons (Fsp3) is 0.400. The van der Waals surface area contributed by atoms with Crippen LogP contribution in [0.1, 0.15) is 75.7 Å². The van der Waals surface area contributed by atoms with Crippen molar-refractivity contribution in [2.75, 3.05) is 55.7 Å². The van der Waals surface area contributed by atoms with Crippen LogP contribution in [0.5, 0.6) is 11.5 Å². The second-order valence-corrected chi connectivity index (χ2v) is 16.4. The van der Waals surface area contributed by atoms with E-state index in [1.165, 1.54) is 34.4 Å². The van der Waals surface area contributed by atoms with Gasteiger partial charge in [-0.05, 0) is 96.2 Å². The third kappa shape index (κ3) is 6.11. The first-order valence-electron chi connectivity index (χ1n) is 20.0. The molecule has 10 heteroatoms. The van der Waals surface area contributed by atoms with Crippen LogP contribution in [-0.4, -0.2) is 90.6 Å². The van der Waals surface area contributed by atoms with Gasteiger partial charge in [-0.3, -0.25) is 24.6 Å². The molecular formula is C45H47N5O5. The molecule has 4 aromatic carbocycles. The Morgan fingerprint density at radius 3 is 2.49 bits per heavy atom. The number of anilines is 2. The molecule has 0 bridgehead atoms. The number of phenolic OH excluding ortho intramolecular Hbond substituents is 1. The molecule has 10 rings (SSSR count). The molecule has 0 saturated carbocycles. The van der Waals surface area contributed by atoms with Crippen LogP contribution in [0.15, 0.2) is 84.9 Å². The van der Waals surface area contributed by atoms with Crippen LogP contribution in [0.4, 0.5) is 11.4 Å². The summed E-state index contributed by atoms with van der Waals surface area (Å²) in [5, 5.41) is 12.6. The number of piperidine rings is 1. The third-order valence-electron chi connectivity index (χ3n) is 13.2. The van der Waals surface area contributed by atoms with Crippen LogP contribution < -0.4 is 19.9 Å². The highest BCUT2D eigenvalue weighted by molar-refractivity contribution is 6.06. The van der Waals surface area contributed by atoms with Gasteiger partial charge in [0.05, 0.1) is 18.3 Å².